The van der Waals surface area contributed by atoms with E-state index >= 15 is 0 Å². The predicted octanol–water partition coefficient (Wildman–Crippen LogP) is 3.58. The molecule has 1 rings (SSSR count). The molecule has 0 saturated carbocycles. The highest BCUT2D eigenvalue weighted by Gasteiger charge is 2.12. The molecule has 16 heavy (non-hydrogen) atoms. The van der Waals surface area contributed by atoms with Gasteiger partial charge in [-0.3, -0.25) is 4.21 Å². The smallest absolute Gasteiger partial charge is 0.0618 e. The van der Waals surface area contributed by atoms with Crippen molar-refractivity contribution in [2.24, 2.45) is 5.92 Å². The van der Waals surface area contributed by atoms with Gasteiger partial charge in [-0.05, 0) is 24.1 Å². The Kier molecular flexibility index (Phi) is 5.49. The maximum Gasteiger partial charge on any atom is 0.0618 e. The van der Waals surface area contributed by atoms with Crippen molar-refractivity contribution in [2.45, 2.75) is 31.6 Å². The van der Waals surface area contributed by atoms with Gasteiger partial charge in [0.2, 0.25) is 0 Å². The van der Waals surface area contributed by atoms with Crippen molar-refractivity contribution in [3.63, 3.8) is 0 Å². The van der Waals surface area contributed by atoms with Gasteiger partial charge in [0, 0.05) is 15.9 Å². The van der Waals surface area contributed by atoms with Gasteiger partial charge in [-0.15, -0.1) is 0 Å². The third kappa shape index (κ3) is 3.91. The fourth-order valence-electron chi connectivity index (χ4n) is 1.65. The van der Waals surface area contributed by atoms with E-state index in [2.05, 4.69) is 29.8 Å². The summed E-state index contributed by atoms with van der Waals surface area (Å²) in [5.41, 5.74) is 6.46. The molecule has 0 amide bonds. The molecule has 2 N–H and O–H groups in total. The minimum absolute atomic E-state index is 0.480. The van der Waals surface area contributed by atoms with Gasteiger partial charge in [0.1, 0.15) is 0 Å². The van der Waals surface area contributed by atoms with E-state index in [1.54, 1.807) is 6.07 Å². The van der Waals surface area contributed by atoms with E-state index in [0.29, 0.717) is 17.4 Å². The molecule has 2 nitrogen and oxygen atoms in total. The summed E-state index contributed by atoms with van der Waals surface area (Å²) in [6, 6.07) is 5.53. The molecule has 0 aliphatic carbocycles. The Morgan fingerprint density at radius 3 is 2.75 bits per heavy atom. The number of benzene rings is 1. The molecule has 1 aromatic carbocycles. The van der Waals surface area contributed by atoms with Crippen LogP contribution in [0.5, 0.6) is 0 Å². The molecule has 0 saturated heterocycles. The summed E-state index contributed by atoms with van der Waals surface area (Å²) >= 11 is 3.34. The first-order chi connectivity index (χ1) is 7.54. The summed E-state index contributed by atoms with van der Waals surface area (Å²) in [5, 5.41) is 0. The molecule has 1 aromatic rings. The lowest BCUT2D eigenvalue weighted by Gasteiger charge is -2.11. The standard InChI is InChI=1S/C12H18BrNOS/c1-3-4-9(2)8-16(15)12-6-5-10(13)7-11(12)14/h5-7,9H,3-4,8,14H2,1-2H3. The van der Waals surface area contributed by atoms with Crippen LogP contribution in [0.25, 0.3) is 0 Å². The Hall–Kier alpha value is -0.350. The van der Waals surface area contributed by atoms with Crippen LogP contribution in [-0.2, 0) is 10.8 Å². The Bertz CT molecular complexity index is 381. The molecule has 0 spiro atoms. The van der Waals surface area contributed by atoms with E-state index in [0.717, 1.165) is 22.2 Å². The van der Waals surface area contributed by atoms with Crippen LogP contribution < -0.4 is 5.73 Å². The molecule has 0 radical (unpaired) electrons. The Morgan fingerprint density at radius 1 is 1.50 bits per heavy atom. The molecule has 0 aliphatic heterocycles. The maximum absolute atomic E-state index is 12.1. The van der Waals surface area contributed by atoms with Gasteiger partial charge in [-0.1, -0.05) is 42.6 Å². The number of anilines is 1. The largest absolute Gasteiger partial charge is 0.398 e. The van der Waals surface area contributed by atoms with Gasteiger partial charge in [0.05, 0.1) is 15.7 Å². The van der Waals surface area contributed by atoms with Crippen LogP contribution in [0.3, 0.4) is 0 Å². The first-order valence-electron chi connectivity index (χ1n) is 5.48. The Labute approximate surface area is 108 Å². The average molecular weight is 304 g/mol. The molecule has 0 aliphatic rings. The van der Waals surface area contributed by atoms with Crippen LogP contribution in [0.1, 0.15) is 26.7 Å². The quantitative estimate of drug-likeness (QED) is 0.845. The fraction of sp³-hybridized carbons (Fsp3) is 0.500. The van der Waals surface area contributed by atoms with Crippen molar-refractivity contribution >= 4 is 32.4 Å². The number of halogens is 1. The van der Waals surface area contributed by atoms with E-state index in [-0.39, 0.29) is 0 Å². The first kappa shape index (κ1) is 13.7. The van der Waals surface area contributed by atoms with Gasteiger partial charge >= 0.3 is 0 Å². The lowest BCUT2D eigenvalue weighted by molar-refractivity contribution is 0.574. The lowest BCUT2D eigenvalue weighted by Crippen LogP contribution is -2.09. The van der Waals surface area contributed by atoms with E-state index in [9.17, 15) is 4.21 Å². The number of nitrogens with two attached hydrogens (primary N) is 1. The number of rotatable bonds is 5. The summed E-state index contributed by atoms with van der Waals surface area (Å²) in [5.74, 6) is 1.17. The van der Waals surface area contributed by atoms with E-state index in [4.69, 9.17) is 5.73 Å². The van der Waals surface area contributed by atoms with E-state index in [1.165, 1.54) is 0 Å². The van der Waals surface area contributed by atoms with Gasteiger partial charge in [-0.25, -0.2) is 0 Å². The topological polar surface area (TPSA) is 43.1 Å². The summed E-state index contributed by atoms with van der Waals surface area (Å²) in [4.78, 5) is 0.756. The highest BCUT2D eigenvalue weighted by Crippen LogP contribution is 2.23. The lowest BCUT2D eigenvalue weighted by atomic mass is 10.1. The van der Waals surface area contributed by atoms with Crippen molar-refractivity contribution < 1.29 is 4.21 Å². The van der Waals surface area contributed by atoms with Crippen molar-refractivity contribution in [3.05, 3.63) is 22.7 Å². The number of hydrogen-bond acceptors (Lipinski definition) is 2. The summed E-state index contributed by atoms with van der Waals surface area (Å²) in [6.07, 6.45) is 2.25. The normalized spacial score (nSPS) is 14.7. The second kappa shape index (κ2) is 6.40. The molecule has 4 heteroatoms. The molecule has 0 bridgehead atoms. The van der Waals surface area contributed by atoms with Crippen LogP contribution in [0, 0.1) is 5.92 Å². The number of nitrogen functional groups attached to an aromatic ring is 1. The second-order valence-corrected chi connectivity index (χ2v) is 6.47. The Balaban J connectivity index is 2.73. The monoisotopic (exact) mass is 303 g/mol. The summed E-state index contributed by atoms with van der Waals surface area (Å²) in [7, 11) is -0.981. The molecule has 2 unspecified atom stereocenters. The second-order valence-electron chi connectivity index (χ2n) is 4.09. The minimum atomic E-state index is -0.981. The van der Waals surface area contributed by atoms with E-state index < -0.39 is 10.8 Å². The SMILES string of the molecule is CCCC(C)CS(=O)c1ccc(Br)cc1N. The first-order valence-corrected chi connectivity index (χ1v) is 7.59. The summed E-state index contributed by atoms with van der Waals surface area (Å²) < 4.78 is 13.0. The van der Waals surface area contributed by atoms with Crippen molar-refractivity contribution in [1.29, 1.82) is 0 Å². The third-order valence-corrected chi connectivity index (χ3v) is 4.66. The zero-order chi connectivity index (χ0) is 12.1. The molecule has 0 aromatic heterocycles. The van der Waals surface area contributed by atoms with Crippen LogP contribution >= 0.6 is 15.9 Å². The highest BCUT2D eigenvalue weighted by atomic mass is 79.9. The van der Waals surface area contributed by atoms with Crippen LogP contribution in [-0.4, -0.2) is 9.96 Å². The fourth-order valence-corrected chi connectivity index (χ4v) is 3.43. The van der Waals surface area contributed by atoms with Crippen LogP contribution in [0.2, 0.25) is 0 Å². The van der Waals surface area contributed by atoms with Crippen molar-refractivity contribution in [2.75, 3.05) is 11.5 Å². The van der Waals surface area contributed by atoms with Gasteiger partial charge in [0.25, 0.3) is 0 Å². The zero-order valence-corrected chi connectivity index (χ0v) is 12.1. The number of hydrogen-bond donors (Lipinski definition) is 1. The van der Waals surface area contributed by atoms with Gasteiger partial charge in [-0.2, -0.15) is 0 Å². The highest BCUT2D eigenvalue weighted by molar-refractivity contribution is 9.10. The van der Waals surface area contributed by atoms with Gasteiger partial charge in [0.15, 0.2) is 0 Å². The van der Waals surface area contributed by atoms with Crippen LogP contribution in [0.15, 0.2) is 27.6 Å². The molecular weight excluding hydrogens is 286 g/mol. The molecule has 90 valence electrons. The predicted molar refractivity (Wildman–Crippen MR) is 73.9 cm³/mol. The molecule has 0 fully saturated rings. The van der Waals surface area contributed by atoms with Crippen molar-refractivity contribution in [1.82, 2.24) is 0 Å². The van der Waals surface area contributed by atoms with Crippen molar-refractivity contribution in [3.8, 4) is 0 Å². The molecular formula is C12H18BrNOS. The summed E-state index contributed by atoms with van der Waals surface area (Å²) in [6.45, 7) is 4.28. The molecule has 2 atom stereocenters. The van der Waals surface area contributed by atoms with Crippen LogP contribution in [0.4, 0.5) is 5.69 Å². The van der Waals surface area contributed by atoms with E-state index in [1.807, 2.05) is 12.1 Å². The molecule has 0 heterocycles. The zero-order valence-electron chi connectivity index (χ0n) is 9.70. The average Bonchev–Trinajstić information content (AvgIpc) is 2.17. The third-order valence-electron chi connectivity index (χ3n) is 2.43. The Morgan fingerprint density at radius 2 is 2.19 bits per heavy atom. The minimum Gasteiger partial charge on any atom is -0.398 e. The maximum atomic E-state index is 12.1. The van der Waals surface area contributed by atoms with Gasteiger partial charge < -0.3 is 5.73 Å².